The van der Waals surface area contributed by atoms with Crippen molar-refractivity contribution in [3.8, 4) is 0 Å². The predicted octanol–water partition coefficient (Wildman–Crippen LogP) is 2.09. The van der Waals surface area contributed by atoms with Crippen molar-refractivity contribution in [3.63, 3.8) is 0 Å². The summed E-state index contributed by atoms with van der Waals surface area (Å²) in [6.07, 6.45) is -0.0223. The lowest BCUT2D eigenvalue weighted by Crippen LogP contribution is -2.25. The van der Waals surface area contributed by atoms with Crippen LogP contribution in [-0.4, -0.2) is 22.2 Å². The average Bonchev–Trinajstić information content (AvgIpc) is 2.15. The number of aliphatic carboxylic acids is 2. The number of aryl methyl sites for hydroxylation is 1. The number of carbonyl (C=O) groups is 2. The molecule has 1 aromatic rings. The van der Waals surface area contributed by atoms with E-state index in [2.05, 4.69) is 15.9 Å². The van der Waals surface area contributed by atoms with Gasteiger partial charge < -0.3 is 10.2 Å². The normalized spacial score (nSPS) is 10.4. The van der Waals surface area contributed by atoms with Crippen molar-refractivity contribution in [1.29, 1.82) is 0 Å². The third kappa shape index (κ3) is 3.06. The Morgan fingerprint density at radius 2 is 1.88 bits per heavy atom. The van der Waals surface area contributed by atoms with Gasteiger partial charge in [0.25, 0.3) is 0 Å². The van der Waals surface area contributed by atoms with Crippen LogP contribution < -0.4 is 0 Å². The molecule has 1 aromatic carbocycles. The quantitative estimate of drug-likeness (QED) is 0.831. The third-order valence-corrected chi connectivity index (χ3v) is 2.97. The zero-order chi connectivity index (χ0) is 12.3. The summed E-state index contributed by atoms with van der Waals surface area (Å²) in [6.45, 7) is 1.90. The fourth-order valence-electron chi connectivity index (χ4n) is 1.32. The minimum Gasteiger partial charge on any atom is -0.481 e. The van der Waals surface area contributed by atoms with Crippen molar-refractivity contribution in [3.05, 3.63) is 33.8 Å². The van der Waals surface area contributed by atoms with Gasteiger partial charge in [-0.1, -0.05) is 28.1 Å². The van der Waals surface area contributed by atoms with Gasteiger partial charge in [0.15, 0.2) is 5.92 Å². The molecule has 1 rings (SSSR count). The van der Waals surface area contributed by atoms with Gasteiger partial charge in [-0.25, -0.2) is 0 Å². The van der Waals surface area contributed by atoms with E-state index in [0.717, 1.165) is 10.0 Å². The Balaban J connectivity index is 2.94. The minimum absolute atomic E-state index is 0.0223. The van der Waals surface area contributed by atoms with E-state index in [1.807, 2.05) is 19.1 Å². The lowest BCUT2D eigenvalue weighted by atomic mass is 9.99. The summed E-state index contributed by atoms with van der Waals surface area (Å²) >= 11 is 3.29. The van der Waals surface area contributed by atoms with Crippen molar-refractivity contribution < 1.29 is 19.8 Å². The standard InChI is InChI=1S/C11H11BrO4/c1-6-2-3-7(9(12)4-6)5-8(10(13)14)11(15)16/h2-4,8H,5H2,1H3,(H,13,14)(H,15,16). The molecule has 0 amide bonds. The van der Waals surface area contributed by atoms with Crippen LogP contribution in [0.25, 0.3) is 0 Å². The van der Waals surface area contributed by atoms with E-state index in [1.54, 1.807) is 6.07 Å². The van der Waals surface area contributed by atoms with Crippen LogP contribution in [-0.2, 0) is 16.0 Å². The zero-order valence-electron chi connectivity index (χ0n) is 8.61. The number of carboxylic acids is 2. The summed E-state index contributed by atoms with van der Waals surface area (Å²) < 4.78 is 0.736. The average molecular weight is 287 g/mol. The van der Waals surface area contributed by atoms with Crippen LogP contribution in [0.1, 0.15) is 11.1 Å². The van der Waals surface area contributed by atoms with Crippen molar-refractivity contribution in [2.45, 2.75) is 13.3 Å². The molecule has 16 heavy (non-hydrogen) atoms. The highest BCUT2D eigenvalue weighted by Crippen LogP contribution is 2.21. The molecule has 0 aliphatic carbocycles. The first-order valence-corrected chi connectivity index (χ1v) is 5.41. The van der Waals surface area contributed by atoms with E-state index in [0.29, 0.717) is 5.56 Å². The van der Waals surface area contributed by atoms with Crippen molar-refractivity contribution in [1.82, 2.24) is 0 Å². The van der Waals surface area contributed by atoms with Crippen molar-refractivity contribution in [2.75, 3.05) is 0 Å². The molecule has 0 heterocycles. The molecular weight excluding hydrogens is 276 g/mol. The highest BCUT2D eigenvalue weighted by Gasteiger charge is 2.26. The molecule has 0 bridgehead atoms. The van der Waals surface area contributed by atoms with Gasteiger partial charge in [0.05, 0.1) is 0 Å². The Morgan fingerprint density at radius 3 is 2.31 bits per heavy atom. The second-order valence-electron chi connectivity index (χ2n) is 3.53. The van der Waals surface area contributed by atoms with Gasteiger partial charge in [-0.15, -0.1) is 0 Å². The van der Waals surface area contributed by atoms with Gasteiger partial charge in [-0.05, 0) is 30.5 Å². The number of benzene rings is 1. The SMILES string of the molecule is Cc1ccc(CC(C(=O)O)C(=O)O)c(Br)c1. The summed E-state index contributed by atoms with van der Waals surface area (Å²) in [6, 6.07) is 5.38. The van der Waals surface area contributed by atoms with Gasteiger partial charge in [0.1, 0.15) is 0 Å². The first-order valence-electron chi connectivity index (χ1n) is 4.62. The Labute approximate surface area is 101 Å². The first-order chi connectivity index (χ1) is 7.41. The van der Waals surface area contributed by atoms with Crippen molar-refractivity contribution >= 4 is 27.9 Å². The molecule has 0 spiro atoms. The molecular formula is C11H11BrO4. The molecule has 0 radical (unpaired) electrons. The van der Waals surface area contributed by atoms with Gasteiger partial charge in [0, 0.05) is 4.47 Å². The second-order valence-corrected chi connectivity index (χ2v) is 4.38. The summed E-state index contributed by atoms with van der Waals surface area (Å²) in [4.78, 5) is 21.5. The Morgan fingerprint density at radius 1 is 1.31 bits per heavy atom. The molecule has 2 N–H and O–H groups in total. The van der Waals surface area contributed by atoms with E-state index >= 15 is 0 Å². The molecule has 0 aromatic heterocycles. The van der Waals surface area contributed by atoms with Crippen LogP contribution in [0.15, 0.2) is 22.7 Å². The van der Waals surface area contributed by atoms with Crippen LogP contribution in [0.3, 0.4) is 0 Å². The van der Waals surface area contributed by atoms with Crippen LogP contribution in [0.2, 0.25) is 0 Å². The Kier molecular flexibility index (Phi) is 4.06. The zero-order valence-corrected chi connectivity index (χ0v) is 10.2. The third-order valence-electron chi connectivity index (χ3n) is 2.23. The fourth-order valence-corrected chi connectivity index (χ4v) is 1.97. The van der Waals surface area contributed by atoms with Gasteiger partial charge in [-0.3, -0.25) is 9.59 Å². The molecule has 86 valence electrons. The minimum atomic E-state index is -1.40. The summed E-state index contributed by atoms with van der Waals surface area (Å²) in [7, 11) is 0. The molecule has 0 unspecified atom stereocenters. The topological polar surface area (TPSA) is 74.6 Å². The molecule has 0 saturated heterocycles. The van der Waals surface area contributed by atoms with Crippen LogP contribution in [0.4, 0.5) is 0 Å². The predicted molar refractivity (Wildman–Crippen MR) is 61.3 cm³/mol. The van der Waals surface area contributed by atoms with Gasteiger partial charge in [-0.2, -0.15) is 0 Å². The monoisotopic (exact) mass is 286 g/mol. The van der Waals surface area contributed by atoms with E-state index in [-0.39, 0.29) is 6.42 Å². The smallest absolute Gasteiger partial charge is 0.318 e. The maximum absolute atomic E-state index is 10.7. The van der Waals surface area contributed by atoms with Crippen LogP contribution in [0, 0.1) is 12.8 Å². The summed E-state index contributed by atoms with van der Waals surface area (Å²) in [5.74, 6) is -4.04. The number of hydrogen-bond acceptors (Lipinski definition) is 2. The van der Waals surface area contributed by atoms with Gasteiger partial charge in [0.2, 0.25) is 0 Å². The largest absolute Gasteiger partial charge is 0.481 e. The lowest BCUT2D eigenvalue weighted by molar-refractivity contribution is -0.154. The second kappa shape index (κ2) is 5.12. The number of halogens is 1. The van der Waals surface area contributed by atoms with E-state index in [4.69, 9.17) is 10.2 Å². The summed E-state index contributed by atoms with van der Waals surface area (Å²) in [5, 5.41) is 17.5. The van der Waals surface area contributed by atoms with E-state index < -0.39 is 17.9 Å². The van der Waals surface area contributed by atoms with Crippen molar-refractivity contribution in [2.24, 2.45) is 5.92 Å². The first kappa shape index (κ1) is 12.7. The Hall–Kier alpha value is -1.36. The highest BCUT2D eigenvalue weighted by atomic mass is 79.9. The van der Waals surface area contributed by atoms with Crippen LogP contribution >= 0.6 is 15.9 Å². The fraction of sp³-hybridized carbons (Fsp3) is 0.273. The number of carboxylic acid groups (broad SMARTS) is 2. The molecule has 0 aliphatic rings. The highest BCUT2D eigenvalue weighted by molar-refractivity contribution is 9.10. The molecule has 4 nitrogen and oxygen atoms in total. The Bertz CT molecular complexity index is 414. The molecule has 0 atom stereocenters. The number of rotatable bonds is 4. The number of hydrogen-bond donors (Lipinski definition) is 2. The maximum atomic E-state index is 10.7. The molecule has 0 fully saturated rings. The van der Waals surface area contributed by atoms with Gasteiger partial charge >= 0.3 is 11.9 Å². The van der Waals surface area contributed by atoms with Crippen LogP contribution in [0.5, 0.6) is 0 Å². The molecule has 0 aliphatic heterocycles. The lowest BCUT2D eigenvalue weighted by Gasteiger charge is -2.09. The molecule has 0 saturated carbocycles. The summed E-state index contributed by atoms with van der Waals surface area (Å²) in [5.41, 5.74) is 1.71. The van der Waals surface area contributed by atoms with E-state index in [1.165, 1.54) is 0 Å². The van der Waals surface area contributed by atoms with E-state index in [9.17, 15) is 9.59 Å². The molecule has 5 heteroatoms. The maximum Gasteiger partial charge on any atom is 0.318 e.